The van der Waals surface area contributed by atoms with E-state index in [0.717, 1.165) is 21.1 Å². The number of aryl methyl sites for hydroxylation is 2. The number of benzene rings is 1. The normalized spacial score (nSPS) is 10.7. The van der Waals surface area contributed by atoms with Crippen LogP contribution in [0.25, 0.3) is 10.6 Å². The molecule has 16 heavy (non-hydrogen) atoms. The number of nitrogens with zero attached hydrogens (tertiary/aromatic N) is 2. The van der Waals surface area contributed by atoms with Crippen LogP contribution >= 0.6 is 22.9 Å². The van der Waals surface area contributed by atoms with Crippen LogP contribution in [0.15, 0.2) is 18.2 Å². The predicted octanol–water partition coefficient (Wildman–Crippen LogP) is 3.43. The maximum absolute atomic E-state index is 13.2. The van der Waals surface area contributed by atoms with Crippen molar-refractivity contribution in [3.63, 3.8) is 0 Å². The Hall–Kier alpha value is -1.000. The van der Waals surface area contributed by atoms with Crippen molar-refractivity contribution >= 4 is 22.9 Å². The van der Waals surface area contributed by atoms with Gasteiger partial charge in [-0.15, -0.1) is 21.8 Å². The summed E-state index contributed by atoms with van der Waals surface area (Å²) in [5, 5.41) is 9.65. The third-order valence-corrected chi connectivity index (χ3v) is 3.29. The number of halogens is 2. The Morgan fingerprint density at radius 3 is 2.81 bits per heavy atom. The fourth-order valence-corrected chi connectivity index (χ4v) is 2.53. The molecule has 0 unspecified atom stereocenters. The Labute approximate surface area is 102 Å². The quantitative estimate of drug-likeness (QED) is 0.787. The van der Waals surface area contributed by atoms with E-state index in [0.29, 0.717) is 12.3 Å². The van der Waals surface area contributed by atoms with E-state index in [1.54, 1.807) is 0 Å². The second-order valence-electron chi connectivity index (χ2n) is 3.46. The van der Waals surface area contributed by atoms with Crippen molar-refractivity contribution < 1.29 is 4.39 Å². The highest BCUT2D eigenvalue weighted by molar-refractivity contribution is 7.14. The topological polar surface area (TPSA) is 25.8 Å². The summed E-state index contributed by atoms with van der Waals surface area (Å²) < 4.78 is 13.2. The fraction of sp³-hybridized carbons (Fsp3) is 0.273. The van der Waals surface area contributed by atoms with E-state index in [4.69, 9.17) is 11.6 Å². The number of aromatic nitrogens is 2. The van der Waals surface area contributed by atoms with Gasteiger partial charge in [0.2, 0.25) is 0 Å². The molecule has 1 aromatic carbocycles. The van der Waals surface area contributed by atoms with Crippen LogP contribution < -0.4 is 0 Å². The average molecular weight is 257 g/mol. The van der Waals surface area contributed by atoms with Gasteiger partial charge in [0.25, 0.3) is 0 Å². The van der Waals surface area contributed by atoms with Gasteiger partial charge in [-0.3, -0.25) is 0 Å². The molecule has 5 heteroatoms. The van der Waals surface area contributed by atoms with Crippen molar-refractivity contribution in [3.05, 3.63) is 34.6 Å². The van der Waals surface area contributed by atoms with Gasteiger partial charge in [0.1, 0.15) is 15.8 Å². The molecule has 1 aromatic heterocycles. The fourth-order valence-electron chi connectivity index (χ4n) is 1.41. The summed E-state index contributed by atoms with van der Waals surface area (Å²) in [6, 6.07) is 4.86. The van der Waals surface area contributed by atoms with Crippen molar-refractivity contribution in [2.24, 2.45) is 0 Å². The van der Waals surface area contributed by atoms with Gasteiger partial charge >= 0.3 is 0 Å². The molecule has 84 valence electrons. The van der Waals surface area contributed by atoms with E-state index in [1.807, 2.05) is 13.0 Å². The van der Waals surface area contributed by atoms with Crippen LogP contribution in [0.5, 0.6) is 0 Å². The lowest BCUT2D eigenvalue weighted by Crippen LogP contribution is -1.83. The largest absolute Gasteiger partial charge is 0.207 e. The lowest BCUT2D eigenvalue weighted by molar-refractivity contribution is 0.627. The molecule has 0 aliphatic heterocycles. The van der Waals surface area contributed by atoms with E-state index >= 15 is 0 Å². The molecule has 0 amide bonds. The second kappa shape index (κ2) is 4.89. The van der Waals surface area contributed by atoms with Gasteiger partial charge in [-0.2, -0.15) is 0 Å². The minimum absolute atomic E-state index is 0.246. The monoisotopic (exact) mass is 256 g/mol. The zero-order valence-electron chi connectivity index (χ0n) is 8.70. The van der Waals surface area contributed by atoms with Gasteiger partial charge in [0.05, 0.1) is 0 Å². The Bertz CT molecular complexity index is 478. The number of hydrogen-bond donors (Lipinski definition) is 0. The molecule has 0 saturated carbocycles. The first-order chi connectivity index (χ1) is 7.69. The summed E-state index contributed by atoms with van der Waals surface area (Å²) in [4.78, 5) is 0. The van der Waals surface area contributed by atoms with Crippen LogP contribution in [-0.2, 0) is 6.42 Å². The van der Waals surface area contributed by atoms with E-state index in [1.165, 1.54) is 23.5 Å². The number of alkyl halides is 1. The van der Waals surface area contributed by atoms with Crippen LogP contribution in [0.3, 0.4) is 0 Å². The van der Waals surface area contributed by atoms with Gasteiger partial charge in [0, 0.05) is 17.9 Å². The third-order valence-electron chi connectivity index (χ3n) is 2.06. The molecule has 0 fully saturated rings. The van der Waals surface area contributed by atoms with Crippen LogP contribution in [-0.4, -0.2) is 16.1 Å². The van der Waals surface area contributed by atoms with Crippen LogP contribution in [0.4, 0.5) is 4.39 Å². The number of rotatable bonds is 3. The van der Waals surface area contributed by atoms with Crippen molar-refractivity contribution in [3.8, 4) is 10.6 Å². The van der Waals surface area contributed by atoms with Gasteiger partial charge in [-0.05, 0) is 30.7 Å². The van der Waals surface area contributed by atoms with Crippen molar-refractivity contribution in [1.82, 2.24) is 10.2 Å². The maximum Gasteiger partial charge on any atom is 0.147 e. The smallest absolute Gasteiger partial charge is 0.147 e. The summed E-state index contributed by atoms with van der Waals surface area (Å²) in [7, 11) is 0. The molecule has 0 atom stereocenters. The summed E-state index contributed by atoms with van der Waals surface area (Å²) in [5.74, 6) is 0.278. The highest BCUT2D eigenvalue weighted by Gasteiger charge is 2.07. The van der Waals surface area contributed by atoms with Crippen LogP contribution in [0.2, 0.25) is 0 Å². The maximum atomic E-state index is 13.2. The highest BCUT2D eigenvalue weighted by Crippen LogP contribution is 2.25. The first-order valence-electron chi connectivity index (χ1n) is 4.85. The number of hydrogen-bond acceptors (Lipinski definition) is 3. The summed E-state index contributed by atoms with van der Waals surface area (Å²) in [5.41, 5.74) is 1.65. The molecular formula is C11H10ClFN2S. The molecule has 0 aliphatic carbocycles. The zero-order valence-corrected chi connectivity index (χ0v) is 10.3. The Balaban J connectivity index is 2.34. The Kier molecular flexibility index (Phi) is 3.51. The van der Waals surface area contributed by atoms with Gasteiger partial charge in [0.15, 0.2) is 0 Å². The first kappa shape index (κ1) is 11.5. The molecule has 0 spiro atoms. The molecule has 0 N–H and O–H groups in total. The van der Waals surface area contributed by atoms with E-state index in [-0.39, 0.29) is 5.82 Å². The summed E-state index contributed by atoms with van der Waals surface area (Å²) >= 11 is 7.08. The molecule has 1 heterocycles. The van der Waals surface area contributed by atoms with Gasteiger partial charge in [-0.25, -0.2) is 4.39 Å². The minimum Gasteiger partial charge on any atom is -0.207 e. The third kappa shape index (κ3) is 2.57. The van der Waals surface area contributed by atoms with Crippen molar-refractivity contribution in [2.75, 3.05) is 5.88 Å². The second-order valence-corrected chi connectivity index (χ2v) is 4.90. The first-order valence-corrected chi connectivity index (χ1v) is 6.20. The summed E-state index contributed by atoms with van der Waals surface area (Å²) in [6.07, 6.45) is 0.702. The predicted molar refractivity (Wildman–Crippen MR) is 64.5 cm³/mol. The molecule has 0 bridgehead atoms. The average Bonchev–Trinajstić information content (AvgIpc) is 2.65. The molecule has 2 aromatic rings. The lowest BCUT2D eigenvalue weighted by Gasteiger charge is -1.98. The zero-order chi connectivity index (χ0) is 11.5. The molecule has 2 nitrogen and oxygen atoms in total. The minimum atomic E-state index is -0.246. The van der Waals surface area contributed by atoms with Crippen LogP contribution in [0.1, 0.15) is 10.6 Å². The van der Waals surface area contributed by atoms with Crippen LogP contribution in [0, 0.1) is 12.7 Å². The Morgan fingerprint density at radius 1 is 1.31 bits per heavy atom. The van der Waals surface area contributed by atoms with Gasteiger partial charge < -0.3 is 0 Å². The molecular weight excluding hydrogens is 247 g/mol. The standard InChI is InChI=1S/C11H10ClFN2S/c1-7-4-8(6-9(13)5-7)11-15-14-10(16-11)2-3-12/h4-6H,2-3H2,1H3. The van der Waals surface area contributed by atoms with E-state index < -0.39 is 0 Å². The Morgan fingerprint density at radius 2 is 2.12 bits per heavy atom. The summed E-state index contributed by atoms with van der Waals surface area (Å²) in [6.45, 7) is 1.85. The SMILES string of the molecule is Cc1cc(F)cc(-c2nnc(CCCl)s2)c1. The molecule has 0 aliphatic rings. The highest BCUT2D eigenvalue weighted by atomic mass is 35.5. The van der Waals surface area contributed by atoms with E-state index in [9.17, 15) is 4.39 Å². The molecule has 2 rings (SSSR count). The molecule has 0 radical (unpaired) electrons. The van der Waals surface area contributed by atoms with E-state index in [2.05, 4.69) is 10.2 Å². The lowest BCUT2D eigenvalue weighted by atomic mass is 10.1. The van der Waals surface area contributed by atoms with Gasteiger partial charge in [-0.1, -0.05) is 11.3 Å². The molecule has 0 saturated heterocycles. The van der Waals surface area contributed by atoms with Crippen molar-refractivity contribution in [1.29, 1.82) is 0 Å². The van der Waals surface area contributed by atoms with Crippen molar-refractivity contribution in [2.45, 2.75) is 13.3 Å².